The topological polar surface area (TPSA) is 99.8 Å². The van der Waals surface area contributed by atoms with Crippen molar-refractivity contribution in [2.45, 2.75) is 37.8 Å². The number of nitrogens with zero attached hydrogens (tertiary/aromatic N) is 1. The molecule has 2 aromatic rings. The van der Waals surface area contributed by atoms with E-state index in [1.165, 1.54) is 23.1 Å². The monoisotopic (exact) mass is 526 g/mol. The number of benzene rings is 1. The Kier molecular flexibility index (Phi) is 8.32. The van der Waals surface area contributed by atoms with E-state index in [0.29, 0.717) is 21.5 Å². The van der Waals surface area contributed by atoms with Crippen molar-refractivity contribution < 1.29 is 27.9 Å². The Hall–Kier alpha value is -2.60. The summed E-state index contributed by atoms with van der Waals surface area (Å²) < 4.78 is 33.3. The second-order valence-electron chi connectivity index (χ2n) is 8.32. The highest BCUT2D eigenvalue weighted by molar-refractivity contribution is 7.18. The Morgan fingerprint density at radius 1 is 1.23 bits per heavy atom. The second-order valence-corrected chi connectivity index (χ2v) is 10.0. The van der Waals surface area contributed by atoms with E-state index in [0.717, 1.165) is 30.6 Å². The lowest BCUT2D eigenvalue weighted by Crippen LogP contribution is -2.53. The number of amides is 3. The van der Waals surface area contributed by atoms with Crippen LogP contribution in [0, 0.1) is 0 Å². The van der Waals surface area contributed by atoms with Crippen molar-refractivity contribution in [3.63, 3.8) is 0 Å². The van der Waals surface area contributed by atoms with Crippen molar-refractivity contribution in [1.29, 1.82) is 0 Å². The molecule has 1 atom stereocenters. The molecule has 3 amide bonds. The van der Waals surface area contributed by atoms with Crippen LogP contribution in [-0.2, 0) is 14.3 Å². The Morgan fingerprint density at radius 2 is 2.03 bits per heavy atom. The molecular formula is C23H25ClF2N4O4S. The van der Waals surface area contributed by atoms with Crippen LogP contribution in [0.5, 0.6) is 0 Å². The van der Waals surface area contributed by atoms with Crippen LogP contribution in [-0.4, -0.2) is 56.1 Å². The van der Waals surface area contributed by atoms with E-state index in [1.807, 2.05) is 0 Å². The number of nitrogens with one attached hydrogen (secondary N) is 3. The summed E-state index contributed by atoms with van der Waals surface area (Å²) >= 11 is 7.00. The molecular weight excluding hydrogens is 502 g/mol. The fraction of sp³-hybridized carbons (Fsp3) is 0.435. The lowest BCUT2D eigenvalue weighted by atomic mass is 9.92. The van der Waals surface area contributed by atoms with E-state index in [9.17, 15) is 23.2 Å². The zero-order valence-electron chi connectivity index (χ0n) is 18.7. The summed E-state index contributed by atoms with van der Waals surface area (Å²) in [6.07, 6.45) is -0.0581. The van der Waals surface area contributed by atoms with Crippen LogP contribution in [0.2, 0.25) is 4.34 Å². The molecule has 1 aliphatic heterocycles. The van der Waals surface area contributed by atoms with E-state index in [2.05, 4.69) is 16.0 Å². The minimum absolute atomic E-state index is 0.0267. The van der Waals surface area contributed by atoms with Crippen molar-refractivity contribution in [2.75, 3.05) is 36.5 Å². The number of hydrogen-bond acceptors (Lipinski definition) is 6. The van der Waals surface area contributed by atoms with E-state index in [-0.39, 0.29) is 43.2 Å². The number of carbonyl (C=O) groups is 3. The molecule has 4 rings (SSSR count). The highest BCUT2D eigenvalue weighted by atomic mass is 35.5. The molecule has 0 radical (unpaired) electrons. The number of morpholine rings is 1. The first kappa shape index (κ1) is 25.5. The molecule has 1 aliphatic carbocycles. The van der Waals surface area contributed by atoms with E-state index in [1.54, 1.807) is 12.1 Å². The van der Waals surface area contributed by atoms with Crippen LogP contribution in [0.1, 0.15) is 40.9 Å². The van der Waals surface area contributed by atoms with Gasteiger partial charge in [0.05, 0.1) is 15.8 Å². The number of thiophene rings is 1. The molecule has 35 heavy (non-hydrogen) atoms. The highest BCUT2D eigenvalue weighted by Crippen LogP contribution is 2.32. The maximum absolute atomic E-state index is 13.9. The van der Waals surface area contributed by atoms with Gasteiger partial charge in [0.1, 0.15) is 12.6 Å². The number of halogens is 3. The van der Waals surface area contributed by atoms with Crippen LogP contribution >= 0.6 is 22.9 Å². The molecule has 1 aromatic heterocycles. The first-order valence-corrected chi connectivity index (χ1v) is 12.4. The smallest absolute Gasteiger partial charge is 0.265 e. The molecule has 3 N–H and O–H groups in total. The quantitative estimate of drug-likeness (QED) is 0.464. The van der Waals surface area contributed by atoms with Crippen LogP contribution in [0.15, 0.2) is 30.3 Å². The third kappa shape index (κ3) is 6.35. The van der Waals surface area contributed by atoms with E-state index in [4.69, 9.17) is 16.3 Å². The molecule has 1 saturated carbocycles. The van der Waals surface area contributed by atoms with Gasteiger partial charge in [-0.1, -0.05) is 18.0 Å². The van der Waals surface area contributed by atoms with Gasteiger partial charge in [0.15, 0.2) is 0 Å². The number of carbonyl (C=O) groups excluding carboxylic acids is 3. The molecule has 2 aliphatic rings. The van der Waals surface area contributed by atoms with Gasteiger partial charge < -0.3 is 25.6 Å². The van der Waals surface area contributed by atoms with Crippen LogP contribution < -0.4 is 20.9 Å². The van der Waals surface area contributed by atoms with Crippen LogP contribution in [0.25, 0.3) is 0 Å². The van der Waals surface area contributed by atoms with Gasteiger partial charge in [-0.05, 0) is 43.2 Å². The molecule has 8 nitrogen and oxygen atoms in total. The van der Waals surface area contributed by atoms with Gasteiger partial charge >= 0.3 is 0 Å². The summed E-state index contributed by atoms with van der Waals surface area (Å²) in [4.78, 5) is 39.4. The number of alkyl halides is 2. The molecule has 2 heterocycles. The molecule has 0 unspecified atom stereocenters. The van der Waals surface area contributed by atoms with Gasteiger partial charge in [-0.3, -0.25) is 14.4 Å². The minimum Gasteiger partial charge on any atom is -0.370 e. The number of rotatable bonds is 9. The first-order valence-electron chi connectivity index (χ1n) is 11.2. The van der Waals surface area contributed by atoms with Crippen molar-refractivity contribution >= 4 is 52.0 Å². The normalized spacial score (nSPS) is 17.3. The zero-order valence-corrected chi connectivity index (χ0v) is 20.3. The Morgan fingerprint density at radius 3 is 2.66 bits per heavy atom. The average Bonchev–Trinajstić information content (AvgIpc) is 3.24. The van der Waals surface area contributed by atoms with Crippen molar-refractivity contribution in [2.24, 2.45) is 0 Å². The van der Waals surface area contributed by atoms with Gasteiger partial charge in [0.25, 0.3) is 18.2 Å². The van der Waals surface area contributed by atoms with E-state index < -0.39 is 23.9 Å². The molecule has 12 heteroatoms. The Balaban J connectivity index is 1.47. The van der Waals surface area contributed by atoms with Crippen molar-refractivity contribution in [3.8, 4) is 0 Å². The zero-order chi connectivity index (χ0) is 24.9. The fourth-order valence-corrected chi connectivity index (χ4v) is 4.79. The second kappa shape index (κ2) is 11.4. The lowest BCUT2D eigenvalue weighted by molar-refractivity contribution is -0.125. The molecule has 2 fully saturated rings. The number of ether oxygens (including phenoxy) is 1. The fourth-order valence-electron chi connectivity index (χ4n) is 3.83. The number of hydrogen-bond donors (Lipinski definition) is 3. The summed E-state index contributed by atoms with van der Waals surface area (Å²) in [5.74, 6) is -1.23. The van der Waals surface area contributed by atoms with Crippen molar-refractivity contribution in [3.05, 3.63) is 45.1 Å². The largest absolute Gasteiger partial charge is 0.370 e. The standard InChI is InChI=1S/C23H25ClF2N4O4S/c24-19-7-6-18(35-19)23(33)27-11-17(28-13-2-1-3-13)22(32)29-16-5-4-14(10-15(16)21(25)26)30-8-9-34-12-20(30)31/h4-7,10,13,17,21,28H,1-3,8-9,11-12H2,(H,27,33)(H,29,32)/t17-/m0/s1. The van der Waals surface area contributed by atoms with Gasteiger partial charge in [0.2, 0.25) is 5.91 Å². The van der Waals surface area contributed by atoms with Gasteiger partial charge in [-0.2, -0.15) is 0 Å². The molecule has 0 bridgehead atoms. The first-order chi connectivity index (χ1) is 16.8. The maximum Gasteiger partial charge on any atom is 0.265 e. The summed E-state index contributed by atoms with van der Waals surface area (Å²) in [5.41, 5.74) is -0.126. The third-order valence-electron chi connectivity index (χ3n) is 5.95. The van der Waals surface area contributed by atoms with Gasteiger partial charge in [-0.25, -0.2) is 8.78 Å². The SMILES string of the molecule is O=C(NC[C@H](NC1CCC1)C(=O)Nc1ccc(N2CCOCC2=O)cc1C(F)F)c1ccc(Cl)s1. The van der Waals surface area contributed by atoms with Gasteiger partial charge in [0, 0.05) is 36.1 Å². The highest BCUT2D eigenvalue weighted by Gasteiger charge is 2.28. The predicted molar refractivity (Wildman–Crippen MR) is 129 cm³/mol. The Bertz CT molecular complexity index is 1100. The van der Waals surface area contributed by atoms with Crippen molar-refractivity contribution in [1.82, 2.24) is 10.6 Å². The molecule has 1 aromatic carbocycles. The molecule has 188 valence electrons. The van der Waals surface area contributed by atoms with Crippen LogP contribution in [0.3, 0.4) is 0 Å². The summed E-state index contributed by atoms with van der Waals surface area (Å²) in [5, 5.41) is 8.49. The summed E-state index contributed by atoms with van der Waals surface area (Å²) in [6, 6.07) is 6.57. The predicted octanol–water partition coefficient (Wildman–Crippen LogP) is 3.58. The third-order valence-corrected chi connectivity index (χ3v) is 7.18. The Labute approximate surface area is 210 Å². The van der Waals surface area contributed by atoms with E-state index >= 15 is 0 Å². The lowest BCUT2D eigenvalue weighted by Gasteiger charge is -2.31. The maximum atomic E-state index is 13.9. The number of anilines is 2. The minimum atomic E-state index is -2.87. The average molecular weight is 527 g/mol. The molecule has 1 saturated heterocycles. The molecule has 0 spiro atoms. The summed E-state index contributed by atoms with van der Waals surface area (Å²) in [7, 11) is 0. The van der Waals surface area contributed by atoms with Gasteiger partial charge in [-0.15, -0.1) is 11.3 Å². The summed E-state index contributed by atoms with van der Waals surface area (Å²) in [6.45, 7) is 0.434. The van der Waals surface area contributed by atoms with Crippen LogP contribution in [0.4, 0.5) is 20.2 Å².